The molecular formula is C30H27Cl2NO4. The van der Waals surface area contributed by atoms with Crippen LogP contribution >= 0.6 is 23.2 Å². The van der Waals surface area contributed by atoms with Crippen LogP contribution in [0, 0.1) is 0 Å². The minimum Gasteiger partial charge on any atom is -0.489 e. The quantitative estimate of drug-likeness (QED) is 0.224. The molecule has 7 heteroatoms. The Morgan fingerprint density at radius 3 is 2.49 bits per heavy atom. The Morgan fingerprint density at radius 1 is 1.03 bits per heavy atom. The first-order valence-corrected chi connectivity index (χ1v) is 13.0. The Labute approximate surface area is 226 Å². The summed E-state index contributed by atoms with van der Waals surface area (Å²) in [6.07, 6.45) is 1.79. The van der Waals surface area contributed by atoms with Gasteiger partial charge in [-0.05, 0) is 71.8 Å². The highest BCUT2D eigenvalue weighted by Crippen LogP contribution is 2.40. The van der Waals surface area contributed by atoms with Crippen LogP contribution in [-0.2, 0) is 24.2 Å². The van der Waals surface area contributed by atoms with Gasteiger partial charge in [0, 0.05) is 11.5 Å². The van der Waals surface area contributed by atoms with Crippen LogP contribution in [0.2, 0.25) is 10.0 Å². The molecule has 1 atom stereocenters. The van der Waals surface area contributed by atoms with Crippen molar-refractivity contribution in [2.45, 2.75) is 45.1 Å². The molecule has 5 nitrogen and oxygen atoms in total. The van der Waals surface area contributed by atoms with Crippen molar-refractivity contribution >= 4 is 29.2 Å². The van der Waals surface area contributed by atoms with E-state index in [4.69, 9.17) is 37.2 Å². The number of fused-ring (bicyclic) bond motifs is 1. The highest BCUT2D eigenvalue weighted by atomic mass is 35.5. The van der Waals surface area contributed by atoms with Gasteiger partial charge in [-0.15, -0.1) is 0 Å². The maximum atomic E-state index is 12.0. The molecule has 3 aromatic carbocycles. The molecule has 0 aliphatic heterocycles. The maximum Gasteiger partial charge on any atom is 0.337 e. The Balaban J connectivity index is 1.36. The molecule has 190 valence electrons. The van der Waals surface area contributed by atoms with E-state index in [-0.39, 0.29) is 18.5 Å². The Kier molecular flexibility index (Phi) is 7.27. The topological polar surface area (TPSA) is 61.6 Å². The molecule has 0 bridgehead atoms. The second-order valence-corrected chi connectivity index (χ2v) is 10.4. The number of carbonyl (C=O) groups is 1. The van der Waals surface area contributed by atoms with Gasteiger partial charge in [-0.1, -0.05) is 66.5 Å². The van der Waals surface area contributed by atoms with Crippen LogP contribution in [0.3, 0.4) is 0 Å². The molecule has 1 aliphatic carbocycles. The zero-order valence-electron chi connectivity index (χ0n) is 20.9. The largest absolute Gasteiger partial charge is 0.489 e. The van der Waals surface area contributed by atoms with Gasteiger partial charge in [-0.2, -0.15) is 0 Å². The van der Waals surface area contributed by atoms with Gasteiger partial charge in [0.05, 0.1) is 28.3 Å². The minimum absolute atomic E-state index is 0.114. The third-order valence-corrected chi connectivity index (χ3v) is 7.45. The molecule has 1 heterocycles. The average Bonchev–Trinajstić information content (AvgIpc) is 3.51. The highest BCUT2D eigenvalue weighted by molar-refractivity contribution is 6.39. The predicted octanol–water partition coefficient (Wildman–Crippen LogP) is 8.02. The smallest absolute Gasteiger partial charge is 0.337 e. The molecule has 4 aromatic rings. The molecule has 0 spiro atoms. The zero-order valence-corrected chi connectivity index (χ0v) is 22.4. The Morgan fingerprint density at radius 2 is 1.76 bits per heavy atom. The van der Waals surface area contributed by atoms with Crippen molar-refractivity contribution in [1.29, 1.82) is 0 Å². The molecule has 1 aliphatic rings. The third kappa shape index (κ3) is 5.11. The van der Waals surface area contributed by atoms with Crippen molar-refractivity contribution < 1.29 is 18.8 Å². The molecule has 0 N–H and O–H groups in total. The second-order valence-electron chi connectivity index (χ2n) is 9.57. The van der Waals surface area contributed by atoms with Crippen molar-refractivity contribution in [3.8, 4) is 17.0 Å². The number of aromatic nitrogens is 1. The molecule has 37 heavy (non-hydrogen) atoms. The van der Waals surface area contributed by atoms with Crippen LogP contribution in [-0.4, -0.2) is 18.2 Å². The molecule has 0 amide bonds. The van der Waals surface area contributed by atoms with Crippen molar-refractivity contribution in [1.82, 2.24) is 5.16 Å². The molecule has 0 saturated heterocycles. The van der Waals surface area contributed by atoms with E-state index < -0.39 is 0 Å². The Bertz CT molecular complexity index is 1440. The molecule has 0 fully saturated rings. The van der Waals surface area contributed by atoms with E-state index in [0.29, 0.717) is 32.8 Å². The van der Waals surface area contributed by atoms with Gasteiger partial charge in [0.25, 0.3) is 0 Å². The summed E-state index contributed by atoms with van der Waals surface area (Å²) in [5, 5.41) is 5.33. The van der Waals surface area contributed by atoms with E-state index in [2.05, 4.69) is 23.4 Å². The maximum absolute atomic E-state index is 12.0. The Hall–Kier alpha value is -3.28. The first kappa shape index (κ1) is 25.4. The van der Waals surface area contributed by atoms with Crippen molar-refractivity contribution in [2.75, 3.05) is 7.11 Å². The lowest BCUT2D eigenvalue weighted by atomic mass is 9.95. The predicted molar refractivity (Wildman–Crippen MR) is 145 cm³/mol. The lowest BCUT2D eigenvalue weighted by Crippen LogP contribution is -2.04. The molecular weight excluding hydrogens is 509 g/mol. The number of carbonyl (C=O) groups excluding carboxylic acids is 1. The van der Waals surface area contributed by atoms with Crippen LogP contribution in [0.4, 0.5) is 0 Å². The normalized spacial score (nSPS) is 14.6. The van der Waals surface area contributed by atoms with Crippen LogP contribution in [0.5, 0.6) is 5.75 Å². The van der Waals surface area contributed by atoms with E-state index >= 15 is 0 Å². The molecule has 1 aromatic heterocycles. The van der Waals surface area contributed by atoms with E-state index in [1.807, 2.05) is 32.0 Å². The standard InChI is InChI=1S/C30H27Cl2NO4/c1-17(2)29-24(28(33-37-29)27-25(31)8-5-9-26(27)32)16-36-23-11-10-19-13-21(14-22(19)15-23)18-6-4-7-20(12-18)30(34)35-3/h4-12,15,17,21H,13-14,16H2,1-3H3. The van der Waals surface area contributed by atoms with Gasteiger partial charge in [0.1, 0.15) is 23.8 Å². The third-order valence-electron chi connectivity index (χ3n) is 6.82. The summed E-state index contributed by atoms with van der Waals surface area (Å²) in [7, 11) is 1.40. The number of methoxy groups -OCH3 is 1. The highest BCUT2D eigenvalue weighted by Gasteiger charge is 2.26. The molecule has 0 saturated carbocycles. The van der Waals surface area contributed by atoms with E-state index in [0.717, 1.165) is 35.5 Å². The van der Waals surface area contributed by atoms with Gasteiger partial charge in [-0.3, -0.25) is 0 Å². The van der Waals surface area contributed by atoms with E-state index in [9.17, 15) is 4.79 Å². The van der Waals surface area contributed by atoms with Gasteiger partial charge < -0.3 is 14.0 Å². The fourth-order valence-corrected chi connectivity index (χ4v) is 5.53. The summed E-state index contributed by atoms with van der Waals surface area (Å²) >= 11 is 12.9. The van der Waals surface area contributed by atoms with Gasteiger partial charge in [-0.25, -0.2) is 4.79 Å². The van der Waals surface area contributed by atoms with E-state index in [1.165, 1.54) is 18.2 Å². The summed E-state index contributed by atoms with van der Waals surface area (Å²) in [6, 6.07) is 19.3. The fourth-order valence-electron chi connectivity index (χ4n) is 4.95. The number of hydrogen-bond acceptors (Lipinski definition) is 5. The number of ether oxygens (including phenoxy) is 2. The lowest BCUT2D eigenvalue weighted by molar-refractivity contribution is 0.0600. The van der Waals surface area contributed by atoms with Crippen LogP contribution in [0.25, 0.3) is 11.3 Å². The molecule has 5 rings (SSSR count). The number of halogens is 2. The first-order valence-electron chi connectivity index (χ1n) is 12.2. The number of nitrogens with zero attached hydrogens (tertiary/aromatic N) is 1. The van der Waals surface area contributed by atoms with Crippen LogP contribution in [0.15, 0.2) is 65.2 Å². The summed E-state index contributed by atoms with van der Waals surface area (Å²) in [6.45, 7) is 4.37. The number of hydrogen-bond donors (Lipinski definition) is 0. The first-order chi connectivity index (χ1) is 17.9. The van der Waals surface area contributed by atoms with Crippen LogP contribution in [0.1, 0.15) is 64.1 Å². The summed E-state index contributed by atoms with van der Waals surface area (Å²) in [4.78, 5) is 12.0. The van der Waals surface area contributed by atoms with Gasteiger partial charge in [0.2, 0.25) is 0 Å². The number of rotatable bonds is 7. The van der Waals surface area contributed by atoms with Crippen LogP contribution < -0.4 is 4.74 Å². The van der Waals surface area contributed by atoms with Crippen molar-refractivity contribution in [2.24, 2.45) is 0 Å². The average molecular weight is 536 g/mol. The molecule has 0 radical (unpaired) electrons. The summed E-state index contributed by atoms with van der Waals surface area (Å²) < 4.78 is 16.8. The van der Waals surface area contributed by atoms with E-state index in [1.54, 1.807) is 24.3 Å². The molecule has 1 unspecified atom stereocenters. The summed E-state index contributed by atoms with van der Waals surface area (Å²) in [5.41, 5.74) is 6.32. The number of esters is 1. The van der Waals surface area contributed by atoms with Crippen molar-refractivity contribution in [3.05, 3.63) is 104 Å². The summed E-state index contributed by atoms with van der Waals surface area (Å²) in [5.74, 6) is 1.62. The minimum atomic E-state index is -0.319. The van der Waals surface area contributed by atoms with Crippen molar-refractivity contribution in [3.63, 3.8) is 0 Å². The van der Waals surface area contributed by atoms with Gasteiger partial charge in [0.15, 0.2) is 0 Å². The monoisotopic (exact) mass is 535 g/mol. The zero-order chi connectivity index (χ0) is 26.1. The van der Waals surface area contributed by atoms with Gasteiger partial charge >= 0.3 is 5.97 Å². The fraction of sp³-hybridized carbons (Fsp3) is 0.267. The second kappa shape index (κ2) is 10.6. The lowest BCUT2D eigenvalue weighted by Gasteiger charge is -2.11. The SMILES string of the molecule is COC(=O)c1cccc(C2Cc3ccc(OCc4c(-c5c(Cl)cccc5Cl)noc4C(C)C)cc3C2)c1. The number of benzene rings is 3.